The largest absolute Gasteiger partial charge is 0.478 e. The average molecular weight is 278 g/mol. The zero-order valence-electron chi connectivity index (χ0n) is 11.5. The van der Waals surface area contributed by atoms with Crippen molar-refractivity contribution in [3.63, 3.8) is 0 Å². The van der Waals surface area contributed by atoms with Gasteiger partial charge in [-0.2, -0.15) is 5.26 Å². The van der Waals surface area contributed by atoms with Gasteiger partial charge in [-0.25, -0.2) is 4.79 Å². The molecule has 0 saturated heterocycles. The van der Waals surface area contributed by atoms with E-state index in [9.17, 15) is 4.79 Å². The van der Waals surface area contributed by atoms with Crippen molar-refractivity contribution in [2.45, 2.75) is 0 Å². The van der Waals surface area contributed by atoms with Gasteiger partial charge in [0.15, 0.2) is 0 Å². The minimum atomic E-state index is -0.981. The Labute approximate surface area is 123 Å². The zero-order chi connectivity index (χ0) is 15.2. The Morgan fingerprint density at radius 1 is 1.19 bits per heavy atom. The normalized spacial score (nSPS) is 10.3. The molecule has 0 saturated carbocycles. The molecule has 1 N–H and O–H groups in total. The van der Waals surface area contributed by atoms with Crippen LogP contribution >= 0.6 is 0 Å². The van der Waals surface area contributed by atoms with Gasteiger partial charge in [-0.1, -0.05) is 18.2 Å². The molecule has 0 aliphatic rings. The molecular formula is C17H14N2O2. The van der Waals surface area contributed by atoms with E-state index < -0.39 is 5.97 Å². The Morgan fingerprint density at radius 2 is 1.86 bits per heavy atom. The number of para-hydroxylation sites is 1. The summed E-state index contributed by atoms with van der Waals surface area (Å²) in [5.41, 5.74) is 3.22. The number of carboxylic acids is 1. The Morgan fingerprint density at radius 3 is 2.48 bits per heavy atom. The highest BCUT2D eigenvalue weighted by molar-refractivity contribution is 5.87. The lowest BCUT2D eigenvalue weighted by molar-refractivity contribution is -0.131. The minimum Gasteiger partial charge on any atom is -0.478 e. The first kappa shape index (κ1) is 14.4. The molecule has 0 atom stereocenters. The Bertz CT molecular complexity index is 712. The van der Waals surface area contributed by atoms with E-state index in [-0.39, 0.29) is 0 Å². The Hall–Kier alpha value is -3.06. The quantitative estimate of drug-likeness (QED) is 0.870. The fraction of sp³-hybridized carbons (Fsp3) is 0.0588. The molecule has 4 nitrogen and oxygen atoms in total. The molecular weight excluding hydrogens is 264 g/mol. The number of nitriles is 1. The molecule has 0 bridgehead atoms. The highest BCUT2D eigenvalue weighted by atomic mass is 16.4. The van der Waals surface area contributed by atoms with Crippen molar-refractivity contribution in [3.8, 4) is 6.07 Å². The molecule has 21 heavy (non-hydrogen) atoms. The summed E-state index contributed by atoms with van der Waals surface area (Å²) in [5, 5.41) is 17.6. The van der Waals surface area contributed by atoms with Crippen LogP contribution in [0.4, 0.5) is 11.4 Å². The molecule has 2 aromatic carbocycles. The number of rotatable bonds is 4. The van der Waals surface area contributed by atoms with Crippen LogP contribution in [0.2, 0.25) is 0 Å². The topological polar surface area (TPSA) is 64.3 Å². The molecule has 0 spiro atoms. The van der Waals surface area contributed by atoms with Crippen LogP contribution in [0.3, 0.4) is 0 Å². The standard InChI is InChI=1S/C17H14N2O2/c1-19(15-9-6-13(12-18)7-10-15)16-5-3-2-4-14(16)8-11-17(20)21/h2-11H,1H3,(H,20,21). The summed E-state index contributed by atoms with van der Waals surface area (Å²) in [5.74, 6) is -0.981. The van der Waals surface area contributed by atoms with Gasteiger partial charge in [0.2, 0.25) is 0 Å². The van der Waals surface area contributed by atoms with Crippen LogP contribution in [0.1, 0.15) is 11.1 Å². The van der Waals surface area contributed by atoms with Crippen LogP contribution in [0.5, 0.6) is 0 Å². The van der Waals surface area contributed by atoms with Gasteiger partial charge < -0.3 is 10.0 Å². The van der Waals surface area contributed by atoms with Crippen LogP contribution in [0.25, 0.3) is 6.08 Å². The Kier molecular flexibility index (Phi) is 4.37. The summed E-state index contributed by atoms with van der Waals surface area (Å²) < 4.78 is 0. The van der Waals surface area contributed by atoms with Crippen LogP contribution < -0.4 is 4.90 Å². The molecule has 2 rings (SSSR count). The van der Waals surface area contributed by atoms with Crippen LogP contribution in [-0.2, 0) is 4.79 Å². The molecule has 104 valence electrons. The van der Waals surface area contributed by atoms with Crippen molar-refractivity contribution in [2.75, 3.05) is 11.9 Å². The number of hydrogen-bond acceptors (Lipinski definition) is 3. The molecule has 0 aliphatic heterocycles. The van der Waals surface area contributed by atoms with E-state index in [2.05, 4.69) is 6.07 Å². The number of hydrogen-bond donors (Lipinski definition) is 1. The molecule has 0 fully saturated rings. The number of nitrogens with zero attached hydrogens (tertiary/aromatic N) is 2. The van der Waals surface area contributed by atoms with Crippen molar-refractivity contribution in [1.29, 1.82) is 5.26 Å². The molecule has 0 unspecified atom stereocenters. The first-order valence-electron chi connectivity index (χ1n) is 6.36. The van der Waals surface area contributed by atoms with Gasteiger partial charge in [0, 0.05) is 24.5 Å². The zero-order valence-corrected chi connectivity index (χ0v) is 11.5. The van der Waals surface area contributed by atoms with Gasteiger partial charge in [0.25, 0.3) is 0 Å². The number of aliphatic carboxylic acids is 1. The van der Waals surface area contributed by atoms with E-state index >= 15 is 0 Å². The number of carboxylic acid groups (broad SMARTS) is 1. The van der Waals surface area contributed by atoms with Crippen LogP contribution in [-0.4, -0.2) is 18.1 Å². The SMILES string of the molecule is CN(c1ccc(C#N)cc1)c1ccccc1C=CC(=O)O. The second-order valence-electron chi connectivity index (χ2n) is 4.45. The third-order valence-electron chi connectivity index (χ3n) is 3.09. The van der Waals surface area contributed by atoms with E-state index in [0.29, 0.717) is 5.56 Å². The molecule has 0 amide bonds. The second-order valence-corrected chi connectivity index (χ2v) is 4.45. The molecule has 0 heterocycles. The highest BCUT2D eigenvalue weighted by Gasteiger charge is 2.07. The molecule has 0 radical (unpaired) electrons. The fourth-order valence-electron chi connectivity index (χ4n) is 1.99. The molecule has 0 aromatic heterocycles. The van der Waals surface area contributed by atoms with Crippen molar-refractivity contribution in [2.24, 2.45) is 0 Å². The molecule has 2 aromatic rings. The van der Waals surface area contributed by atoms with Gasteiger partial charge in [-0.05, 0) is 42.0 Å². The predicted octanol–water partition coefficient (Wildman–Crippen LogP) is 3.42. The number of anilines is 2. The van der Waals surface area contributed by atoms with Crippen molar-refractivity contribution in [3.05, 3.63) is 65.7 Å². The maximum atomic E-state index is 10.7. The van der Waals surface area contributed by atoms with Crippen molar-refractivity contribution in [1.82, 2.24) is 0 Å². The van der Waals surface area contributed by atoms with E-state index in [0.717, 1.165) is 23.0 Å². The van der Waals surface area contributed by atoms with E-state index in [1.807, 2.05) is 48.3 Å². The van der Waals surface area contributed by atoms with Crippen LogP contribution in [0.15, 0.2) is 54.6 Å². The number of carbonyl (C=O) groups is 1. The summed E-state index contributed by atoms with van der Waals surface area (Å²) in [6.07, 6.45) is 2.68. The maximum Gasteiger partial charge on any atom is 0.328 e. The average Bonchev–Trinajstić information content (AvgIpc) is 2.52. The van der Waals surface area contributed by atoms with Gasteiger partial charge in [-0.3, -0.25) is 0 Å². The highest BCUT2D eigenvalue weighted by Crippen LogP contribution is 2.27. The fourth-order valence-corrected chi connectivity index (χ4v) is 1.99. The first-order chi connectivity index (χ1) is 10.1. The van der Waals surface area contributed by atoms with E-state index in [1.165, 1.54) is 0 Å². The lowest BCUT2D eigenvalue weighted by Crippen LogP contribution is -2.10. The lowest BCUT2D eigenvalue weighted by Gasteiger charge is -2.21. The van der Waals surface area contributed by atoms with E-state index in [4.69, 9.17) is 10.4 Å². The third-order valence-corrected chi connectivity index (χ3v) is 3.09. The van der Waals surface area contributed by atoms with Crippen LogP contribution in [0, 0.1) is 11.3 Å². The first-order valence-corrected chi connectivity index (χ1v) is 6.36. The smallest absolute Gasteiger partial charge is 0.328 e. The Balaban J connectivity index is 2.36. The third kappa shape index (κ3) is 3.48. The maximum absolute atomic E-state index is 10.7. The van der Waals surface area contributed by atoms with E-state index in [1.54, 1.807) is 18.2 Å². The summed E-state index contributed by atoms with van der Waals surface area (Å²) in [7, 11) is 1.90. The minimum absolute atomic E-state index is 0.603. The van der Waals surface area contributed by atoms with Gasteiger partial charge >= 0.3 is 5.97 Å². The summed E-state index contributed by atoms with van der Waals surface area (Å²) in [6, 6.07) is 16.8. The molecule has 0 aliphatic carbocycles. The predicted molar refractivity (Wildman–Crippen MR) is 82.3 cm³/mol. The monoisotopic (exact) mass is 278 g/mol. The summed E-state index contributed by atoms with van der Waals surface area (Å²) in [6.45, 7) is 0. The lowest BCUT2D eigenvalue weighted by atomic mass is 10.1. The van der Waals surface area contributed by atoms with Gasteiger partial charge in [0.05, 0.1) is 11.6 Å². The number of benzene rings is 2. The van der Waals surface area contributed by atoms with Gasteiger partial charge in [0.1, 0.15) is 0 Å². The summed E-state index contributed by atoms with van der Waals surface area (Å²) in [4.78, 5) is 12.6. The van der Waals surface area contributed by atoms with Crippen molar-refractivity contribution >= 4 is 23.4 Å². The van der Waals surface area contributed by atoms with Gasteiger partial charge in [-0.15, -0.1) is 0 Å². The second kappa shape index (κ2) is 6.40. The summed E-state index contributed by atoms with van der Waals surface area (Å²) >= 11 is 0. The van der Waals surface area contributed by atoms with Crippen molar-refractivity contribution < 1.29 is 9.90 Å². The molecule has 4 heteroatoms.